The van der Waals surface area contributed by atoms with E-state index in [9.17, 15) is 0 Å². The highest BCUT2D eigenvalue weighted by Gasteiger charge is 2.11. The molecule has 4 N–H and O–H groups in total. The standard InChI is InChI=1S/C13H11BrCl2N4O/c14-8-3-4-9(11(16)10(8)15)19-6-7-2-1-5-18-12(7)13(17)20-21/h1-5,19,21H,6H2,(H2,17,20). The van der Waals surface area contributed by atoms with Crippen LogP contribution >= 0.6 is 39.1 Å². The zero-order valence-corrected chi connectivity index (χ0v) is 13.7. The summed E-state index contributed by atoms with van der Waals surface area (Å²) in [6, 6.07) is 7.19. The average Bonchev–Trinajstić information content (AvgIpc) is 2.51. The molecule has 0 unspecified atom stereocenters. The van der Waals surface area contributed by atoms with Crippen molar-refractivity contribution in [2.24, 2.45) is 10.9 Å². The molecule has 0 fully saturated rings. The van der Waals surface area contributed by atoms with E-state index in [1.54, 1.807) is 24.4 Å². The van der Waals surface area contributed by atoms with Crippen LogP contribution < -0.4 is 11.1 Å². The van der Waals surface area contributed by atoms with Gasteiger partial charge < -0.3 is 16.3 Å². The van der Waals surface area contributed by atoms with Crippen molar-refractivity contribution in [2.75, 3.05) is 5.32 Å². The highest BCUT2D eigenvalue weighted by molar-refractivity contribution is 9.10. The molecule has 0 aliphatic carbocycles. The predicted octanol–water partition coefficient (Wildman–Crippen LogP) is 3.86. The van der Waals surface area contributed by atoms with Crippen LogP contribution in [-0.2, 0) is 6.54 Å². The summed E-state index contributed by atoms with van der Waals surface area (Å²) in [6.45, 7) is 0.400. The number of aromatic nitrogens is 1. The summed E-state index contributed by atoms with van der Waals surface area (Å²) in [6.07, 6.45) is 1.57. The van der Waals surface area contributed by atoms with E-state index in [1.807, 2.05) is 6.07 Å². The summed E-state index contributed by atoms with van der Waals surface area (Å²) in [5.41, 5.74) is 7.45. The lowest BCUT2D eigenvalue weighted by atomic mass is 10.1. The Labute approximate surface area is 139 Å². The van der Waals surface area contributed by atoms with Gasteiger partial charge in [0.05, 0.1) is 15.7 Å². The maximum atomic E-state index is 8.77. The van der Waals surface area contributed by atoms with Gasteiger partial charge >= 0.3 is 0 Å². The van der Waals surface area contributed by atoms with Crippen molar-refractivity contribution in [3.63, 3.8) is 0 Å². The number of amidine groups is 1. The molecule has 110 valence electrons. The summed E-state index contributed by atoms with van der Waals surface area (Å²) in [4.78, 5) is 4.09. The highest BCUT2D eigenvalue weighted by Crippen LogP contribution is 2.36. The predicted molar refractivity (Wildman–Crippen MR) is 88.2 cm³/mol. The quantitative estimate of drug-likeness (QED) is 0.244. The number of rotatable bonds is 4. The molecule has 1 aromatic carbocycles. The molecule has 2 rings (SSSR count). The summed E-state index contributed by atoms with van der Waals surface area (Å²) in [5, 5.41) is 15.7. The van der Waals surface area contributed by atoms with E-state index in [-0.39, 0.29) is 5.84 Å². The van der Waals surface area contributed by atoms with E-state index in [4.69, 9.17) is 34.1 Å². The van der Waals surface area contributed by atoms with Crippen molar-refractivity contribution < 1.29 is 5.21 Å². The molecule has 0 bridgehead atoms. The second-order valence-electron chi connectivity index (χ2n) is 4.07. The van der Waals surface area contributed by atoms with Crippen LogP contribution in [0.25, 0.3) is 0 Å². The number of halogens is 3. The van der Waals surface area contributed by atoms with E-state index in [0.717, 1.165) is 10.0 Å². The molecule has 0 amide bonds. The fourth-order valence-electron chi connectivity index (χ4n) is 1.71. The van der Waals surface area contributed by atoms with Gasteiger partial charge in [-0.25, -0.2) is 0 Å². The SMILES string of the molecule is N/C(=N/O)c1ncccc1CNc1ccc(Br)c(Cl)c1Cl. The van der Waals surface area contributed by atoms with Gasteiger partial charge in [0, 0.05) is 22.8 Å². The van der Waals surface area contributed by atoms with Crippen LogP contribution in [0.2, 0.25) is 10.0 Å². The van der Waals surface area contributed by atoms with E-state index in [2.05, 4.69) is 31.4 Å². The molecular weight excluding hydrogens is 379 g/mol. The fraction of sp³-hybridized carbons (Fsp3) is 0.0769. The molecule has 1 aromatic heterocycles. The van der Waals surface area contributed by atoms with Gasteiger partial charge in [-0.1, -0.05) is 34.4 Å². The molecule has 1 heterocycles. The molecule has 0 saturated carbocycles. The first-order valence-corrected chi connectivity index (χ1v) is 7.38. The monoisotopic (exact) mass is 388 g/mol. The van der Waals surface area contributed by atoms with Crippen LogP contribution in [-0.4, -0.2) is 16.0 Å². The Morgan fingerprint density at radius 3 is 2.81 bits per heavy atom. The number of hydrogen-bond donors (Lipinski definition) is 3. The Kier molecular flexibility index (Phi) is 5.27. The summed E-state index contributed by atoms with van der Waals surface area (Å²) in [5.74, 6) is -0.0488. The molecule has 21 heavy (non-hydrogen) atoms. The van der Waals surface area contributed by atoms with Gasteiger partial charge in [-0.3, -0.25) is 4.98 Å². The third-order valence-electron chi connectivity index (χ3n) is 2.75. The smallest absolute Gasteiger partial charge is 0.189 e. The third-order valence-corrected chi connectivity index (χ3v) is 4.52. The second kappa shape index (κ2) is 6.98. The van der Waals surface area contributed by atoms with Crippen molar-refractivity contribution >= 4 is 50.7 Å². The minimum atomic E-state index is -0.0488. The second-order valence-corrected chi connectivity index (χ2v) is 5.68. The molecule has 0 aliphatic rings. The third kappa shape index (κ3) is 3.58. The Morgan fingerprint density at radius 2 is 2.10 bits per heavy atom. The molecular formula is C13H11BrCl2N4O. The lowest BCUT2D eigenvalue weighted by Gasteiger charge is -2.12. The topological polar surface area (TPSA) is 83.5 Å². The Morgan fingerprint density at radius 1 is 1.33 bits per heavy atom. The van der Waals surface area contributed by atoms with Crippen LogP contribution in [0.5, 0.6) is 0 Å². The van der Waals surface area contributed by atoms with Crippen molar-refractivity contribution in [1.29, 1.82) is 0 Å². The summed E-state index contributed by atoms with van der Waals surface area (Å²) in [7, 11) is 0. The van der Waals surface area contributed by atoms with Gasteiger partial charge in [0.25, 0.3) is 0 Å². The van der Waals surface area contributed by atoms with Crippen molar-refractivity contribution in [3.05, 3.63) is 56.2 Å². The van der Waals surface area contributed by atoms with Gasteiger partial charge in [-0.2, -0.15) is 0 Å². The fourth-order valence-corrected chi connectivity index (χ4v) is 2.55. The highest BCUT2D eigenvalue weighted by atomic mass is 79.9. The van der Waals surface area contributed by atoms with Crippen LogP contribution in [0.3, 0.4) is 0 Å². The number of nitrogens with zero attached hydrogens (tertiary/aromatic N) is 2. The molecule has 5 nitrogen and oxygen atoms in total. The van der Waals surface area contributed by atoms with Gasteiger partial charge in [0.2, 0.25) is 0 Å². The van der Waals surface area contributed by atoms with Crippen molar-refractivity contribution in [2.45, 2.75) is 6.54 Å². The minimum Gasteiger partial charge on any atom is -0.409 e. The number of pyridine rings is 1. The zero-order chi connectivity index (χ0) is 15.4. The van der Waals surface area contributed by atoms with Gasteiger partial charge in [0.1, 0.15) is 5.69 Å². The first-order valence-electron chi connectivity index (χ1n) is 5.83. The van der Waals surface area contributed by atoms with Crippen LogP contribution in [0, 0.1) is 0 Å². The normalized spacial score (nSPS) is 11.5. The van der Waals surface area contributed by atoms with Crippen LogP contribution in [0.1, 0.15) is 11.3 Å². The maximum absolute atomic E-state index is 8.77. The van der Waals surface area contributed by atoms with E-state index in [0.29, 0.717) is 28.0 Å². The Balaban J connectivity index is 2.24. The molecule has 0 aliphatic heterocycles. The van der Waals surface area contributed by atoms with Crippen LogP contribution in [0.15, 0.2) is 40.1 Å². The lowest BCUT2D eigenvalue weighted by Crippen LogP contribution is -2.18. The average molecular weight is 390 g/mol. The molecule has 0 spiro atoms. The number of benzene rings is 1. The maximum Gasteiger partial charge on any atom is 0.189 e. The van der Waals surface area contributed by atoms with Gasteiger partial charge in [-0.15, -0.1) is 0 Å². The number of oxime groups is 1. The number of nitrogens with two attached hydrogens (primary N) is 1. The summed E-state index contributed by atoms with van der Waals surface area (Å²) >= 11 is 15.5. The van der Waals surface area contributed by atoms with Crippen molar-refractivity contribution in [1.82, 2.24) is 4.98 Å². The van der Waals surface area contributed by atoms with E-state index < -0.39 is 0 Å². The molecule has 0 saturated heterocycles. The Hall–Kier alpha value is -1.50. The summed E-state index contributed by atoms with van der Waals surface area (Å²) < 4.78 is 0.721. The molecule has 0 radical (unpaired) electrons. The van der Waals surface area contributed by atoms with Crippen LogP contribution in [0.4, 0.5) is 5.69 Å². The van der Waals surface area contributed by atoms with E-state index >= 15 is 0 Å². The Bertz CT molecular complexity index is 694. The van der Waals surface area contributed by atoms with E-state index in [1.165, 1.54) is 0 Å². The first-order chi connectivity index (χ1) is 10.0. The molecule has 2 aromatic rings. The first kappa shape index (κ1) is 15.9. The minimum absolute atomic E-state index is 0.0488. The number of nitrogens with one attached hydrogen (secondary N) is 1. The largest absolute Gasteiger partial charge is 0.409 e. The molecule has 0 atom stereocenters. The van der Waals surface area contributed by atoms with Gasteiger partial charge in [0.15, 0.2) is 5.84 Å². The van der Waals surface area contributed by atoms with Crippen molar-refractivity contribution in [3.8, 4) is 0 Å². The molecule has 8 heteroatoms. The lowest BCUT2D eigenvalue weighted by molar-refractivity contribution is 0.318. The van der Waals surface area contributed by atoms with Gasteiger partial charge in [-0.05, 0) is 34.1 Å². The number of anilines is 1. The zero-order valence-electron chi connectivity index (χ0n) is 10.6. The number of hydrogen-bond acceptors (Lipinski definition) is 4.